The fourth-order valence-electron chi connectivity index (χ4n) is 4.79. The van der Waals surface area contributed by atoms with E-state index in [0.717, 1.165) is 50.0 Å². The van der Waals surface area contributed by atoms with E-state index >= 15 is 0 Å². The predicted octanol–water partition coefficient (Wildman–Crippen LogP) is 5.41. The van der Waals surface area contributed by atoms with Gasteiger partial charge in [0.2, 0.25) is 5.91 Å². The van der Waals surface area contributed by atoms with E-state index in [1.807, 2.05) is 24.4 Å². The van der Waals surface area contributed by atoms with Gasteiger partial charge in [0, 0.05) is 42.8 Å². The van der Waals surface area contributed by atoms with E-state index < -0.39 is 5.54 Å². The third-order valence-corrected chi connectivity index (χ3v) is 7.28. The van der Waals surface area contributed by atoms with E-state index in [2.05, 4.69) is 15.6 Å². The summed E-state index contributed by atoms with van der Waals surface area (Å²) in [5.74, 6) is 0.929. The molecule has 2 aliphatic rings. The third kappa shape index (κ3) is 5.86. The van der Waals surface area contributed by atoms with Gasteiger partial charge in [-0.15, -0.1) is 11.3 Å². The van der Waals surface area contributed by atoms with Crippen LogP contribution < -0.4 is 20.1 Å². The van der Waals surface area contributed by atoms with Crippen molar-refractivity contribution in [3.8, 4) is 17.2 Å². The zero-order chi connectivity index (χ0) is 25.0. The first-order chi connectivity index (χ1) is 17.5. The minimum absolute atomic E-state index is 0.0401. The quantitative estimate of drug-likeness (QED) is 0.421. The molecule has 190 valence electrons. The summed E-state index contributed by atoms with van der Waals surface area (Å²) in [5, 5.41) is 8.78. The Hall–Kier alpha value is -3.01. The van der Waals surface area contributed by atoms with Gasteiger partial charge < -0.3 is 24.8 Å². The van der Waals surface area contributed by atoms with Gasteiger partial charge in [-0.3, -0.25) is 4.79 Å². The number of amides is 1. The number of hydrogen-bond acceptors (Lipinski definition) is 7. The van der Waals surface area contributed by atoms with E-state index in [4.69, 9.17) is 14.2 Å². The lowest BCUT2D eigenvalue weighted by atomic mass is 9.81. The first kappa shape index (κ1) is 24.7. The number of hydrogen-bond donors (Lipinski definition) is 2. The number of fused-ring (bicyclic) bond motifs is 1. The van der Waals surface area contributed by atoms with Crippen molar-refractivity contribution in [2.24, 2.45) is 0 Å². The molecule has 5 rings (SSSR count). The monoisotopic (exact) mass is 511 g/mol. The molecule has 9 heteroatoms. The average molecular weight is 512 g/mol. The highest BCUT2D eigenvalue weighted by Gasteiger charge is 2.35. The van der Waals surface area contributed by atoms with Crippen LogP contribution in [0.15, 0.2) is 48.0 Å². The Bertz CT molecular complexity index is 1200. The summed E-state index contributed by atoms with van der Waals surface area (Å²) in [6.07, 6.45) is 5.86. The van der Waals surface area contributed by atoms with Gasteiger partial charge in [0.05, 0.1) is 6.10 Å². The van der Waals surface area contributed by atoms with Crippen molar-refractivity contribution < 1.29 is 23.4 Å². The molecule has 1 aromatic heterocycles. The average Bonchev–Trinajstić information content (AvgIpc) is 3.37. The van der Waals surface area contributed by atoms with E-state index in [-0.39, 0.29) is 24.2 Å². The van der Waals surface area contributed by atoms with E-state index in [0.29, 0.717) is 29.0 Å². The molecule has 7 nitrogen and oxygen atoms in total. The standard InChI is InChI=1S/C27H30FN3O4S/c1-27(16-25(32)31-26-29-10-12-36-26)22-15-24(35-20-7-4-5-19(28)14-20)23(13-18(22)8-9-30-27)34-17-21-6-2-3-11-33-21/h4-5,7,10,12-15,21,30H,2-3,6,8-9,11,16-17H2,1H3,(H,29,31,32)/t21-,27-/m1/s1. The summed E-state index contributed by atoms with van der Waals surface area (Å²) < 4.78 is 32.1. The minimum atomic E-state index is -0.625. The van der Waals surface area contributed by atoms with Crippen LogP contribution in [0.2, 0.25) is 0 Å². The number of halogens is 1. The molecule has 1 fully saturated rings. The summed E-state index contributed by atoms with van der Waals surface area (Å²) in [6, 6.07) is 9.93. The zero-order valence-electron chi connectivity index (χ0n) is 20.2. The lowest BCUT2D eigenvalue weighted by Gasteiger charge is -2.37. The van der Waals surface area contributed by atoms with E-state index in [9.17, 15) is 9.18 Å². The molecule has 0 unspecified atom stereocenters. The molecule has 36 heavy (non-hydrogen) atoms. The maximum atomic E-state index is 13.9. The molecule has 0 bridgehead atoms. The highest BCUT2D eigenvalue weighted by Crippen LogP contribution is 2.41. The van der Waals surface area contributed by atoms with Crippen LogP contribution in [-0.4, -0.2) is 36.8 Å². The Morgan fingerprint density at radius 1 is 1.31 bits per heavy atom. The summed E-state index contributed by atoms with van der Waals surface area (Å²) in [7, 11) is 0. The number of thiazole rings is 1. The van der Waals surface area contributed by atoms with Gasteiger partial charge in [-0.1, -0.05) is 6.07 Å². The van der Waals surface area contributed by atoms with E-state index in [1.165, 1.54) is 23.5 Å². The van der Waals surface area contributed by atoms with Crippen molar-refractivity contribution in [3.05, 3.63) is 64.9 Å². The molecule has 1 amide bonds. The number of nitrogens with zero attached hydrogens (tertiary/aromatic N) is 1. The largest absolute Gasteiger partial charge is 0.487 e. The molecule has 3 aromatic rings. The Labute approximate surface area is 214 Å². The number of aromatic nitrogens is 1. The number of carbonyl (C=O) groups is 1. The molecule has 2 aromatic carbocycles. The smallest absolute Gasteiger partial charge is 0.228 e. The molecule has 3 heterocycles. The normalized spacial score (nSPS) is 21.4. The van der Waals surface area contributed by atoms with Crippen molar-refractivity contribution in [1.82, 2.24) is 10.3 Å². The number of rotatable bonds is 8. The van der Waals surface area contributed by atoms with Crippen LogP contribution in [0.25, 0.3) is 0 Å². The van der Waals surface area contributed by atoms with Gasteiger partial charge in [-0.05, 0) is 68.0 Å². The molecule has 0 aliphatic carbocycles. The highest BCUT2D eigenvalue weighted by molar-refractivity contribution is 7.13. The third-order valence-electron chi connectivity index (χ3n) is 6.59. The van der Waals surface area contributed by atoms with Gasteiger partial charge in [0.1, 0.15) is 18.2 Å². The van der Waals surface area contributed by atoms with Gasteiger partial charge in [0.25, 0.3) is 0 Å². The second-order valence-electron chi connectivity index (χ2n) is 9.39. The fraction of sp³-hybridized carbons (Fsp3) is 0.407. The lowest BCUT2D eigenvalue weighted by molar-refractivity contribution is -0.117. The van der Waals surface area contributed by atoms with Crippen LogP contribution in [-0.2, 0) is 21.5 Å². The molecule has 2 atom stereocenters. The van der Waals surface area contributed by atoms with Gasteiger partial charge in [0.15, 0.2) is 16.6 Å². The summed E-state index contributed by atoms with van der Waals surface area (Å²) in [6.45, 7) is 3.90. The van der Waals surface area contributed by atoms with Crippen LogP contribution in [0.3, 0.4) is 0 Å². The molecule has 2 N–H and O–H groups in total. The second-order valence-corrected chi connectivity index (χ2v) is 10.3. The van der Waals surface area contributed by atoms with Crippen molar-refractivity contribution in [1.29, 1.82) is 0 Å². The van der Waals surface area contributed by atoms with Gasteiger partial charge >= 0.3 is 0 Å². The van der Waals surface area contributed by atoms with Crippen LogP contribution in [0.5, 0.6) is 17.2 Å². The Morgan fingerprint density at radius 3 is 3.00 bits per heavy atom. The van der Waals surface area contributed by atoms with Crippen LogP contribution in [0.4, 0.5) is 9.52 Å². The Morgan fingerprint density at radius 2 is 2.22 bits per heavy atom. The zero-order valence-corrected chi connectivity index (χ0v) is 21.0. The minimum Gasteiger partial charge on any atom is -0.487 e. The number of ether oxygens (including phenoxy) is 3. The maximum Gasteiger partial charge on any atom is 0.228 e. The molecular formula is C27H30FN3O4S. The number of nitrogens with one attached hydrogen (secondary N) is 2. The molecule has 1 saturated heterocycles. The second kappa shape index (κ2) is 10.9. The molecular weight excluding hydrogens is 481 g/mol. The van der Waals surface area contributed by atoms with Crippen molar-refractivity contribution in [3.63, 3.8) is 0 Å². The fourth-order valence-corrected chi connectivity index (χ4v) is 5.33. The molecule has 0 saturated carbocycles. The van der Waals surface area contributed by atoms with Crippen LogP contribution >= 0.6 is 11.3 Å². The molecule has 0 spiro atoms. The molecule has 0 radical (unpaired) electrons. The predicted molar refractivity (Wildman–Crippen MR) is 136 cm³/mol. The SMILES string of the molecule is C[C@]1(CC(=O)Nc2nccs2)NCCc2cc(OC[C@H]3CCCCO3)c(Oc3cccc(F)c3)cc21. The summed E-state index contributed by atoms with van der Waals surface area (Å²) in [4.78, 5) is 17.0. The first-order valence-corrected chi connectivity index (χ1v) is 13.2. The van der Waals surface area contributed by atoms with Gasteiger partial charge in [-0.25, -0.2) is 9.37 Å². The van der Waals surface area contributed by atoms with E-state index in [1.54, 1.807) is 18.3 Å². The Balaban J connectivity index is 1.43. The summed E-state index contributed by atoms with van der Waals surface area (Å²) >= 11 is 1.38. The maximum absolute atomic E-state index is 13.9. The Kier molecular flexibility index (Phi) is 7.50. The van der Waals surface area contributed by atoms with Crippen LogP contribution in [0, 0.1) is 5.82 Å². The van der Waals surface area contributed by atoms with Crippen molar-refractivity contribution in [2.75, 3.05) is 25.1 Å². The highest BCUT2D eigenvalue weighted by atomic mass is 32.1. The first-order valence-electron chi connectivity index (χ1n) is 12.3. The number of benzene rings is 2. The number of anilines is 1. The lowest BCUT2D eigenvalue weighted by Crippen LogP contribution is -2.47. The number of carbonyl (C=O) groups excluding carboxylic acids is 1. The van der Waals surface area contributed by atoms with Crippen molar-refractivity contribution >= 4 is 22.4 Å². The topological polar surface area (TPSA) is 81.7 Å². The van der Waals surface area contributed by atoms with Gasteiger partial charge in [-0.2, -0.15) is 0 Å². The van der Waals surface area contributed by atoms with Crippen molar-refractivity contribution in [2.45, 2.75) is 50.7 Å². The van der Waals surface area contributed by atoms with Crippen LogP contribution in [0.1, 0.15) is 43.7 Å². The summed E-state index contributed by atoms with van der Waals surface area (Å²) in [5.41, 5.74) is 1.42. The molecule has 2 aliphatic heterocycles.